The van der Waals surface area contributed by atoms with E-state index in [1.54, 1.807) is 0 Å². The number of aromatic nitrogens is 1. The van der Waals surface area contributed by atoms with Gasteiger partial charge in [-0.3, -0.25) is 4.79 Å². The zero-order chi connectivity index (χ0) is 15.4. The van der Waals surface area contributed by atoms with Gasteiger partial charge in [0.15, 0.2) is 5.82 Å². The molecule has 116 valence electrons. The molecule has 0 radical (unpaired) electrons. The number of rotatable bonds is 4. The van der Waals surface area contributed by atoms with Crippen LogP contribution in [0.15, 0.2) is 6.07 Å². The lowest BCUT2D eigenvalue weighted by atomic mass is 9.95. The van der Waals surface area contributed by atoms with E-state index in [2.05, 4.69) is 16.4 Å². The molecule has 3 rings (SSSR count). The molecule has 0 spiro atoms. The van der Waals surface area contributed by atoms with Gasteiger partial charge in [-0.05, 0) is 56.1 Å². The number of hydrogen-bond donors (Lipinski definition) is 1. The minimum absolute atomic E-state index is 0.0633. The molecule has 1 N–H and O–H groups in total. The lowest BCUT2D eigenvalue weighted by Crippen LogP contribution is -2.17. The summed E-state index contributed by atoms with van der Waals surface area (Å²) < 4.78 is 5.32. The van der Waals surface area contributed by atoms with Crippen molar-refractivity contribution < 1.29 is 9.53 Å². The molecule has 1 saturated heterocycles. The number of pyridine rings is 1. The summed E-state index contributed by atoms with van der Waals surface area (Å²) in [6.07, 6.45) is 6.51. The lowest BCUT2D eigenvalue weighted by molar-refractivity contribution is -0.116. The van der Waals surface area contributed by atoms with Gasteiger partial charge < -0.3 is 10.1 Å². The van der Waals surface area contributed by atoms with Crippen LogP contribution in [-0.4, -0.2) is 24.1 Å². The SMILES string of the molecule is N#Cc1cc2c(nc1NC(=O)CC[C@@H]1CCOC1)CCCC2. The first-order valence-electron chi connectivity index (χ1n) is 8.07. The van der Waals surface area contributed by atoms with Gasteiger partial charge in [-0.2, -0.15) is 5.26 Å². The van der Waals surface area contributed by atoms with Crippen molar-refractivity contribution in [3.63, 3.8) is 0 Å². The Balaban J connectivity index is 1.65. The van der Waals surface area contributed by atoms with Gasteiger partial charge in [-0.15, -0.1) is 0 Å². The number of hydrogen-bond acceptors (Lipinski definition) is 4. The summed E-state index contributed by atoms with van der Waals surface area (Å²) in [6.45, 7) is 1.56. The number of fused-ring (bicyclic) bond motifs is 1. The van der Waals surface area contributed by atoms with Crippen molar-refractivity contribution in [3.05, 3.63) is 22.9 Å². The molecule has 5 heteroatoms. The molecule has 0 bridgehead atoms. The van der Waals surface area contributed by atoms with Crippen LogP contribution in [0.3, 0.4) is 0 Å². The molecule has 0 aromatic carbocycles. The number of nitrogens with one attached hydrogen (secondary N) is 1. The molecule has 1 aliphatic carbocycles. The Kier molecular flexibility index (Phi) is 4.69. The fraction of sp³-hybridized carbons (Fsp3) is 0.588. The van der Waals surface area contributed by atoms with Gasteiger partial charge in [-0.1, -0.05) is 0 Å². The zero-order valence-electron chi connectivity index (χ0n) is 12.7. The zero-order valence-corrected chi connectivity index (χ0v) is 12.7. The van der Waals surface area contributed by atoms with Crippen LogP contribution in [0.2, 0.25) is 0 Å². The van der Waals surface area contributed by atoms with Crippen molar-refractivity contribution in [1.82, 2.24) is 4.98 Å². The first-order chi connectivity index (χ1) is 10.8. The number of amides is 1. The highest BCUT2D eigenvalue weighted by Crippen LogP contribution is 2.25. The topological polar surface area (TPSA) is 75.0 Å². The van der Waals surface area contributed by atoms with Crippen molar-refractivity contribution in [2.24, 2.45) is 5.92 Å². The van der Waals surface area contributed by atoms with Crippen LogP contribution < -0.4 is 5.32 Å². The second-order valence-corrected chi connectivity index (χ2v) is 6.13. The molecule has 22 heavy (non-hydrogen) atoms. The number of ether oxygens (including phenoxy) is 1. The van der Waals surface area contributed by atoms with E-state index < -0.39 is 0 Å². The Bertz CT molecular complexity index is 601. The van der Waals surface area contributed by atoms with Crippen LogP contribution >= 0.6 is 0 Å². The smallest absolute Gasteiger partial charge is 0.225 e. The maximum atomic E-state index is 12.1. The molecule has 1 aromatic heterocycles. The monoisotopic (exact) mass is 299 g/mol. The average molecular weight is 299 g/mol. The second kappa shape index (κ2) is 6.89. The second-order valence-electron chi connectivity index (χ2n) is 6.13. The highest BCUT2D eigenvalue weighted by Gasteiger charge is 2.19. The molecule has 2 heterocycles. The van der Waals surface area contributed by atoms with E-state index in [1.807, 2.05) is 6.07 Å². The molecule has 1 aromatic rings. The summed E-state index contributed by atoms with van der Waals surface area (Å²) in [5.74, 6) is 0.847. The van der Waals surface area contributed by atoms with E-state index in [0.717, 1.165) is 63.0 Å². The first kappa shape index (κ1) is 15.0. The number of nitriles is 1. The fourth-order valence-electron chi connectivity index (χ4n) is 3.15. The summed E-state index contributed by atoms with van der Waals surface area (Å²) in [7, 11) is 0. The Hall–Kier alpha value is -1.93. The predicted octanol–water partition coefficient (Wildman–Crippen LogP) is 2.59. The lowest BCUT2D eigenvalue weighted by Gasteiger charge is -2.17. The molecule has 0 unspecified atom stereocenters. The van der Waals surface area contributed by atoms with Crippen molar-refractivity contribution in [2.75, 3.05) is 18.5 Å². The van der Waals surface area contributed by atoms with Gasteiger partial charge >= 0.3 is 0 Å². The third kappa shape index (κ3) is 3.45. The van der Waals surface area contributed by atoms with Gasteiger partial charge in [0.1, 0.15) is 6.07 Å². The van der Waals surface area contributed by atoms with Gasteiger partial charge in [0.05, 0.1) is 5.56 Å². The predicted molar refractivity (Wildman–Crippen MR) is 82.4 cm³/mol. The third-order valence-corrected chi connectivity index (χ3v) is 4.48. The highest BCUT2D eigenvalue weighted by atomic mass is 16.5. The van der Waals surface area contributed by atoms with Crippen LogP contribution in [0.5, 0.6) is 0 Å². The van der Waals surface area contributed by atoms with Crippen molar-refractivity contribution in [3.8, 4) is 6.07 Å². The average Bonchev–Trinajstić information content (AvgIpc) is 3.05. The van der Waals surface area contributed by atoms with E-state index in [1.165, 1.54) is 0 Å². The van der Waals surface area contributed by atoms with Gasteiger partial charge in [0.25, 0.3) is 0 Å². The summed E-state index contributed by atoms with van der Waals surface area (Å²) in [5.41, 5.74) is 2.66. The van der Waals surface area contributed by atoms with E-state index in [0.29, 0.717) is 23.7 Å². The quantitative estimate of drug-likeness (QED) is 0.927. The Labute approximate surface area is 130 Å². The van der Waals surface area contributed by atoms with Crippen LogP contribution in [-0.2, 0) is 22.4 Å². The van der Waals surface area contributed by atoms with Crippen LogP contribution in [0.1, 0.15) is 48.9 Å². The normalized spacial score (nSPS) is 20.2. The van der Waals surface area contributed by atoms with Crippen LogP contribution in [0, 0.1) is 17.2 Å². The standard InChI is InChI=1S/C17H21N3O2/c18-10-14-9-13-3-1-2-4-15(13)19-17(14)20-16(21)6-5-12-7-8-22-11-12/h9,12H,1-8,11H2,(H,19,20,21)/t12-/m1/s1. The molecular formula is C17H21N3O2. The summed E-state index contributed by atoms with van der Waals surface area (Å²) >= 11 is 0. The van der Waals surface area contributed by atoms with Crippen molar-refractivity contribution in [1.29, 1.82) is 5.26 Å². The molecule has 1 atom stereocenters. The van der Waals surface area contributed by atoms with Crippen molar-refractivity contribution in [2.45, 2.75) is 44.9 Å². The first-order valence-corrected chi connectivity index (χ1v) is 8.07. The van der Waals surface area contributed by atoms with E-state index in [4.69, 9.17) is 4.74 Å². The summed E-state index contributed by atoms with van der Waals surface area (Å²) in [4.78, 5) is 16.6. The van der Waals surface area contributed by atoms with Gasteiger partial charge in [0.2, 0.25) is 5.91 Å². The molecule has 1 amide bonds. The molecule has 5 nitrogen and oxygen atoms in total. The van der Waals surface area contributed by atoms with Crippen LogP contribution in [0.4, 0.5) is 5.82 Å². The molecule has 1 fully saturated rings. The highest BCUT2D eigenvalue weighted by molar-refractivity contribution is 5.91. The summed E-state index contributed by atoms with van der Waals surface area (Å²) in [6, 6.07) is 4.04. The number of carbonyl (C=O) groups is 1. The Morgan fingerprint density at radius 1 is 1.45 bits per heavy atom. The molecule has 1 aliphatic heterocycles. The number of aryl methyl sites for hydroxylation is 2. The van der Waals surface area contributed by atoms with Gasteiger partial charge in [0, 0.05) is 25.3 Å². The third-order valence-electron chi connectivity index (χ3n) is 4.48. The fourth-order valence-corrected chi connectivity index (χ4v) is 3.15. The van der Waals surface area contributed by atoms with Crippen molar-refractivity contribution >= 4 is 11.7 Å². The van der Waals surface area contributed by atoms with E-state index >= 15 is 0 Å². The minimum Gasteiger partial charge on any atom is -0.381 e. The molecular weight excluding hydrogens is 278 g/mol. The Morgan fingerprint density at radius 2 is 2.32 bits per heavy atom. The van der Waals surface area contributed by atoms with E-state index in [9.17, 15) is 10.1 Å². The summed E-state index contributed by atoms with van der Waals surface area (Å²) in [5, 5.41) is 12.1. The van der Waals surface area contributed by atoms with E-state index in [-0.39, 0.29) is 5.91 Å². The Morgan fingerprint density at radius 3 is 3.09 bits per heavy atom. The number of anilines is 1. The number of carbonyl (C=O) groups excluding carboxylic acids is 1. The number of nitrogens with zero attached hydrogens (tertiary/aromatic N) is 2. The minimum atomic E-state index is -0.0633. The molecule has 2 aliphatic rings. The maximum Gasteiger partial charge on any atom is 0.225 e. The largest absolute Gasteiger partial charge is 0.381 e. The van der Waals surface area contributed by atoms with Gasteiger partial charge in [-0.25, -0.2) is 4.98 Å². The maximum absolute atomic E-state index is 12.1. The molecule has 0 saturated carbocycles. The van der Waals surface area contributed by atoms with Crippen LogP contribution in [0.25, 0.3) is 0 Å².